The molecule has 24 heavy (non-hydrogen) atoms. The second kappa shape index (κ2) is 6.28. The number of carbonyl (C=O) groups excluding carboxylic acids is 1. The molecule has 3 heterocycles. The van der Waals surface area contributed by atoms with E-state index in [1.54, 1.807) is 6.20 Å². The summed E-state index contributed by atoms with van der Waals surface area (Å²) in [6.07, 6.45) is 4.13. The van der Waals surface area contributed by atoms with Gasteiger partial charge in [0.05, 0.1) is 6.20 Å². The van der Waals surface area contributed by atoms with E-state index in [0.717, 1.165) is 19.5 Å². The molecule has 0 aliphatic carbocycles. The van der Waals surface area contributed by atoms with E-state index in [0.29, 0.717) is 22.9 Å². The quantitative estimate of drug-likeness (QED) is 0.742. The number of pyridine rings is 1. The number of benzene rings is 1. The third-order valence-electron chi connectivity index (χ3n) is 4.44. The molecule has 1 saturated heterocycles. The molecule has 2 aromatic heterocycles. The summed E-state index contributed by atoms with van der Waals surface area (Å²) in [4.78, 5) is 19.0. The van der Waals surface area contributed by atoms with E-state index in [1.807, 2.05) is 41.3 Å². The number of rotatable bonds is 3. The average molecular weight is 319 g/mol. The smallest absolute Gasteiger partial charge is 0.259 e. The van der Waals surface area contributed by atoms with Crippen LogP contribution in [-0.2, 0) is 0 Å². The molecular weight excluding hydrogens is 302 g/mol. The molecule has 0 N–H and O–H groups in total. The standard InChI is InChI=1S/C19H17N3O2/c23-19(16-12-21-24-18(16)17-8-4-5-10-20-17)22-11-9-15(13-22)14-6-2-1-3-7-14/h1-8,10,12,15H,9,11,13H2/t15-/m0/s1. The third kappa shape index (κ3) is 2.69. The fraction of sp³-hybridized carbons (Fsp3) is 0.211. The van der Waals surface area contributed by atoms with Crippen molar-refractivity contribution in [2.24, 2.45) is 0 Å². The van der Waals surface area contributed by atoms with Crippen molar-refractivity contribution < 1.29 is 9.32 Å². The molecule has 1 aliphatic rings. The Morgan fingerprint density at radius 2 is 1.96 bits per heavy atom. The van der Waals surface area contributed by atoms with Gasteiger partial charge in [-0.25, -0.2) is 0 Å². The minimum atomic E-state index is -0.0460. The highest BCUT2D eigenvalue weighted by Crippen LogP contribution is 2.30. The first-order valence-corrected chi connectivity index (χ1v) is 8.03. The molecule has 3 aromatic rings. The van der Waals surface area contributed by atoms with E-state index in [-0.39, 0.29) is 5.91 Å². The highest BCUT2D eigenvalue weighted by molar-refractivity contribution is 5.99. The zero-order chi connectivity index (χ0) is 16.4. The molecule has 1 aliphatic heterocycles. The molecule has 0 spiro atoms. The van der Waals surface area contributed by atoms with Crippen molar-refractivity contribution in [1.29, 1.82) is 0 Å². The van der Waals surface area contributed by atoms with Crippen molar-refractivity contribution in [3.8, 4) is 11.5 Å². The summed E-state index contributed by atoms with van der Waals surface area (Å²) in [5.74, 6) is 0.771. The first kappa shape index (κ1) is 14.6. The topological polar surface area (TPSA) is 59.2 Å². The number of amides is 1. The van der Waals surface area contributed by atoms with Gasteiger partial charge in [0.2, 0.25) is 0 Å². The number of likely N-dealkylation sites (tertiary alicyclic amines) is 1. The van der Waals surface area contributed by atoms with E-state index in [9.17, 15) is 4.79 Å². The lowest BCUT2D eigenvalue weighted by atomic mass is 9.99. The Morgan fingerprint density at radius 1 is 1.12 bits per heavy atom. The predicted molar refractivity (Wildman–Crippen MR) is 89.4 cm³/mol. The number of hydrogen-bond acceptors (Lipinski definition) is 4. The fourth-order valence-electron chi connectivity index (χ4n) is 3.19. The summed E-state index contributed by atoms with van der Waals surface area (Å²) in [5, 5.41) is 3.81. The van der Waals surface area contributed by atoms with Crippen molar-refractivity contribution in [3.05, 3.63) is 72.1 Å². The third-order valence-corrected chi connectivity index (χ3v) is 4.44. The van der Waals surface area contributed by atoms with Crippen molar-refractivity contribution >= 4 is 5.91 Å². The summed E-state index contributed by atoms with van der Waals surface area (Å²) < 4.78 is 5.28. The summed E-state index contributed by atoms with van der Waals surface area (Å²) in [5.41, 5.74) is 2.38. The molecule has 0 saturated carbocycles. The molecule has 5 nitrogen and oxygen atoms in total. The van der Waals surface area contributed by atoms with E-state index < -0.39 is 0 Å². The maximum absolute atomic E-state index is 12.9. The van der Waals surface area contributed by atoms with Crippen LogP contribution in [0.5, 0.6) is 0 Å². The van der Waals surface area contributed by atoms with E-state index >= 15 is 0 Å². The first-order chi connectivity index (χ1) is 11.8. The van der Waals surface area contributed by atoms with E-state index in [1.165, 1.54) is 11.8 Å². The first-order valence-electron chi connectivity index (χ1n) is 8.03. The summed E-state index contributed by atoms with van der Waals surface area (Å²) in [6.45, 7) is 1.46. The molecule has 0 unspecified atom stereocenters. The van der Waals surface area contributed by atoms with Crippen LogP contribution >= 0.6 is 0 Å². The van der Waals surface area contributed by atoms with Gasteiger partial charge < -0.3 is 9.42 Å². The highest BCUT2D eigenvalue weighted by Gasteiger charge is 2.30. The molecule has 120 valence electrons. The van der Waals surface area contributed by atoms with Crippen LogP contribution in [0.3, 0.4) is 0 Å². The second-order valence-corrected chi connectivity index (χ2v) is 5.93. The van der Waals surface area contributed by atoms with Crippen molar-refractivity contribution in [2.45, 2.75) is 12.3 Å². The molecule has 1 atom stereocenters. The lowest BCUT2D eigenvalue weighted by Gasteiger charge is -2.16. The van der Waals surface area contributed by atoms with E-state index in [2.05, 4.69) is 22.3 Å². The molecule has 0 bridgehead atoms. The van der Waals surface area contributed by atoms with Gasteiger partial charge in [-0.15, -0.1) is 0 Å². The lowest BCUT2D eigenvalue weighted by Crippen LogP contribution is -2.28. The maximum Gasteiger partial charge on any atom is 0.259 e. The van der Waals surface area contributed by atoms with Crippen molar-refractivity contribution in [2.75, 3.05) is 13.1 Å². The van der Waals surface area contributed by atoms with Gasteiger partial charge in [0.25, 0.3) is 5.91 Å². The van der Waals surface area contributed by atoms with Gasteiger partial charge in [-0.1, -0.05) is 41.6 Å². The van der Waals surface area contributed by atoms with Crippen LogP contribution in [0, 0.1) is 0 Å². The Hall–Kier alpha value is -2.95. The van der Waals surface area contributed by atoms with E-state index in [4.69, 9.17) is 4.52 Å². The monoisotopic (exact) mass is 319 g/mol. The SMILES string of the molecule is O=C(c1cnoc1-c1ccccn1)N1CC[C@H](c2ccccc2)C1. The molecule has 1 amide bonds. The van der Waals surface area contributed by atoms with Gasteiger partial charge in [-0.05, 0) is 24.1 Å². The molecular formula is C19H17N3O2. The van der Waals surface area contributed by atoms with Crippen LogP contribution in [-0.4, -0.2) is 34.0 Å². The zero-order valence-corrected chi connectivity index (χ0v) is 13.1. The lowest BCUT2D eigenvalue weighted by molar-refractivity contribution is 0.0791. The highest BCUT2D eigenvalue weighted by atomic mass is 16.5. The minimum Gasteiger partial charge on any atom is -0.354 e. The molecule has 4 rings (SSSR count). The summed E-state index contributed by atoms with van der Waals surface area (Å²) >= 11 is 0. The van der Waals surface area contributed by atoms with Crippen LogP contribution in [0.2, 0.25) is 0 Å². The average Bonchev–Trinajstić information content (AvgIpc) is 3.32. The minimum absolute atomic E-state index is 0.0460. The summed E-state index contributed by atoms with van der Waals surface area (Å²) in [7, 11) is 0. The van der Waals surface area contributed by atoms with Crippen LogP contribution < -0.4 is 0 Å². The molecule has 5 heteroatoms. The Kier molecular flexibility index (Phi) is 3.83. The second-order valence-electron chi connectivity index (χ2n) is 5.93. The molecule has 1 aromatic carbocycles. The number of carbonyl (C=O) groups is 1. The van der Waals surface area contributed by atoms with Crippen LogP contribution in [0.4, 0.5) is 0 Å². The van der Waals surface area contributed by atoms with Gasteiger partial charge in [-0.3, -0.25) is 9.78 Å². The van der Waals surface area contributed by atoms with Gasteiger partial charge >= 0.3 is 0 Å². The number of nitrogens with zero attached hydrogens (tertiary/aromatic N) is 3. The van der Waals surface area contributed by atoms with Gasteiger partial charge in [-0.2, -0.15) is 0 Å². The largest absolute Gasteiger partial charge is 0.354 e. The van der Waals surface area contributed by atoms with Crippen LogP contribution in [0.25, 0.3) is 11.5 Å². The normalized spacial score (nSPS) is 17.2. The maximum atomic E-state index is 12.9. The van der Waals surface area contributed by atoms with Crippen LogP contribution in [0.1, 0.15) is 28.3 Å². The van der Waals surface area contributed by atoms with Crippen molar-refractivity contribution in [1.82, 2.24) is 15.0 Å². The predicted octanol–water partition coefficient (Wildman–Crippen LogP) is 3.37. The zero-order valence-electron chi connectivity index (χ0n) is 13.1. The Bertz CT molecular complexity index is 830. The fourth-order valence-corrected chi connectivity index (χ4v) is 3.19. The van der Waals surface area contributed by atoms with Gasteiger partial charge in [0, 0.05) is 25.2 Å². The summed E-state index contributed by atoms with van der Waals surface area (Å²) in [6, 6.07) is 15.8. The number of hydrogen-bond donors (Lipinski definition) is 0. The van der Waals surface area contributed by atoms with Gasteiger partial charge in [0.1, 0.15) is 11.3 Å². The van der Waals surface area contributed by atoms with Crippen LogP contribution in [0.15, 0.2) is 65.4 Å². The Balaban J connectivity index is 1.55. The molecule has 0 radical (unpaired) electrons. The van der Waals surface area contributed by atoms with Gasteiger partial charge in [0.15, 0.2) is 5.76 Å². The van der Waals surface area contributed by atoms with Crippen molar-refractivity contribution in [3.63, 3.8) is 0 Å². The Labute approximate surface area is 139 Å². The Morgan fingerprint density at radius 3 is 2.75 bits per heavy atom. The number of aromatic nitrogens is 2. The molecule has 1 fully saturated rings.